The molecular weight excluding hydrogens is 304 g/mol. The van der Waals surface area contributed by atoms with Crippen LogP contribution in [0.15, 0.2) is 34.9 Å². The molecular formula is C19H24N2O3. The van der Waals surface area contributed by atoms with Crippen LogP contribution < -0.4 is 0 Å². The summed E-state index contributed by atoms with van der Waals surface area (Å²) in [6, 6.07) is 10.1. The van der Waals surface area contributed by atoms with E-state index >= 15 is 0 Å². The van der Waals surface area contributed by atoms with Crippen molar-refractivity contribution >= 4 is 5.91 Å². The number of hydrogen-bond donors (Lipinski definition) is 1. The number of aromatic nitrogens is 1. The highest BCUT2D eigenvalue weighted by Gasteiger charge is 2.34. The SMILES string of the molecule is Cc1ccc(CCC(=O)N2CC(O)C(Cc3cc(C)no3)C2)cc1. The van der Waals surface area contributed by atoms with Gasteiger partial charge in [-0.15, -0.1) is 0 Å². The summed E-state index contributed by atoms with van der Waals surface area (Å²) in [5.74, 6) is 0.886. The number of nitrogens with zero attached hydrogens (tertiary/aromatic N) is 2. The van der Waals surface area contributed by atoms with Gasteiger partial charge in [0.2, 0.25) is 5.91 Å². The summed E-state index contributed by atoms with van der Waals surface area (Å²) in [6.45, 7) is 4.91. The van der Waals surface area contributed by atoms with Gasteiger partial charge in [-0.25, -0.2) is 0 Å². The fourth-order valence-corrected chi connectivity index (χ4v) is 3.19. The first-order valence-corrected chi connectivity index (χ1v) is 8.45. The molecule has 2 heterocycles. The van der Waals surface area contributed by atoms with Gasteiger partial charge in [0, 0.05) is 37.9 Å². The fourth-order valence-electron chi connectivity index (χ4n) is 3.19. The molecule has 5 heteroatoms. The number of aliphatic hydroxyl groups excluding tert-OH is 1. The summed E-state index contributed by atoms with van der Waals surface area (Å²) < 4.78 is 5.22. The molecule has 128 valence electrons. The maximum atomic E-state index is 12.4. The Balaban J connectivity index is 1.51. The summed E-state index contributed by atoms with van der Waals surface area (Å²) in [5, 5.41) is 14.1. The molecule has 1 fully saturated rings. The van der Waals surface area contributed by atoms with E-state index in [9.17, 15) is 9.90 Å². The van der Waals surface area contributed by atoms with E-state index in [1.807, 2.05) is 13.0 Å². The van der Waals surface area contributed by atoms with Crippen LogP contribution >= 0.6 is 0 Å². The molecule has 1 aliphatic heterocycles. The van der Waals surface area contributed by atoms with Crippen molar-refractivity contribution in [2.45, 2.75) is 39.2 Å². The molecule has 5 nitrogen and oxygen atoms in total. The van der Waals surface area contributed by atoms with Crippen LogP contribution in [0.3, 0.4) is 0 Å². The third-order valence-electron chi connectivity index (χ3n) is 4.65. The van der Waals surface area contributed by atoms with Crippen molar-refractivity contribution in [3.8, 4) is 0 Å². The Bertz CT molecular complexity index is 693. The number of hydrogen-bond acceptors (Lipinski definition) is 4. The first kappa shape index (κ1) is 16.7. The minimum atomic E-state index is -0.501. The van der Waals surface area contributed by atoms with Gasteiger partial charge in [0.05, 0.1) is 11.8 Å². The van der Waals surface area contributed by atoms with Crippen LogP contribution in [-0.4, -0.2) is 40.3 Å². The van der Waals surface area contributed by atoms with Crippen LogP contribution in [0, 0.1) is 19.8 Å². The summed E-state index contributed by atoms with van der Waals surface area (Å²) >= 11 is 0. The maximum absolute atomic E-state index is 12.4. The quantitative estimate of drug-likeness (QED) is 0.914. The molecule has 0 saturated carbocycles. The largest absolute Gasteiger partial charge is 0.391 e. The Kier molecular flexibility index (Phi) is 5.00. The second kappa shape index (κ2) is 7.18. The lowest BCUT2D eigenvalue weighted by molar-refractivity contribution is -0.130. The van der Waals surface area contributed by atoms with E-state index in [2.05, 4.69) is 36.3 Å². The zero-order chi connectivity index (χ0) is 17.1. The fraction of sp³-hybridized carbons (Fsp3) is 0.474. The van der Waals surface area contributed by atoms with Gasteiger partial charge in [-0.3, -0.25) is 4.79 Å². The van der Waals surface area contributed by atoms with Gasteiger partial charge in [0.25, 0.3) is 0 Å². The molecule has 2 aromatic rings. The van der Waals surface area contributed by atoms with Gasteiger partial charge >= 0.3 is 0 Å². The Morgan fingerprint density at radius 3 is 2.71 bits per heavy atom. The van der Waals surface area contributed by atoms with E-state index in [0.717, 1.165) is 17.9 Å². The molecule has 2 unspecified atom stereocenters. The molecule has 0 spiro atoms. The molecule has 3 rings (SSSR count). The normalized spacial score (nSPS) is 20.5. The van der Waals surface area contributed by atoms with Crippen molar-refractivity contribution in [3.63, 3.8) is 0 Å². The second-order valence-electron chi connectivity index (χ2n) is 6.75. The Labute approximate surface area is 142 Å². The van der Waals surface area contributed by atoms with Crippen molar-refractivity contribution in [3.05, 3.63) is 52.9 Å². The van der Waals surface area contributed by atoms with E-state index in [1.165, 1.54) is 11.1 Å². The van der Waals surface area contributed by atoms with Crippen molar-refractivity contribution in [2.24, 2.45) is 5.92 Å². The van der Waals surface area contributed by atoms with Crippen LogP contribution in [-0.2, 0) is 17.6 Å². The monoisotopic (exact) mass is 328 g/mol. The highest BCUT2D eigenvalue weighted by molar-refractivity contribution is 5.76. The van der Waals surface area contributed by atoms with Gasteiger partial charge in [0.15, 0.2) is 0 Å². The molecule has 0 radical (unpaired) electrons. The predicted molar refractivity (Wildman–Crippen MR) is 90.5 cm³/mol. The first-order valence-electron chi connectivity index (χ1n) is 8.45. The van der Waals surface area contributed by atoms with Crippen LogP contribution in [0.4, 0.5) is 0 Å². The van der Waals surface area contributed by atoms with Gasteiger partial charge in [-0.05, 0) is 25.8 Å². The first-order chi connectivity index (χ1) is 11.5. The van der Waals surface area contributed by atoms with Crippen molar-refractivity contribution in [1.82, 2.24) is 10.1 Å². The van der Waals surface area contributed by atoms with Crippen LogP contribution in [0.25, 0.3) is 0 Å². The number of benzene rings is 1. The summed E-state index contributed by atoms with van der Waals surface area (Å²) in [4.78, 5) is 14.2. The van der Waals surface area contributed by atoms with E-state index in [-0.39, 0.29) is 11.8 Å². The summed E-state index contributed by atoms with van der Waals surface area (Å²) in [6.07, 6.45) is 1.32. The summed E-state index contributed by atoms with van der Waals surface area (Å²) in [7, 11) is 0. The van der Waals surface area contributed by atoms with Crippen LogP contribution in [0.5, 0.6) is 0 Å². The minimum Gasteiger partial charge on any atom is -0.391 e. The number of carbonyl (C=O) groups is 1. The number of rotatable bonds is 5. The standard InChI is InChI=1S/C19H24N2O3/c1-13-3-5-15(6-4-13)7-8-19(23)21-11-16(18(22)12-21)10-17-9-14(2)20-24-17/h3-6,9,16,18,22H,7-8,10-12H2,1-2H3. The molecule has 1 N–H and O–H groups in total. The zero-order valence-corrected chi connectivity index (χ0v) is 14.2. The number of β-amino-alcohol motifs (C(OH)–C–C–N with tert-alkyl or cyclic N) is 1. The third kappa shape index (κ3) is 4.03. The Morgan fingerprint density at radius 2 is 2.04 bits per heavy atom. The molecule has 1 aromatic carbocycles. The number of aliphatic hydroxyl groups is 1. The van der Waals surface area contributed by atoms with E-state index in [4.69, 9.17) is 4.52 Å². The molecule has 0 bridgehead atoms. The molecule has 1 aromatic heterocycles. The average Bonchev–Trinajstić information content (AvgIpc) is 3.13. The second-order valence-corrected chi connectivity index (χ2v) is 6.75. The van der Waals surface area contributed by atoms with Gasteiger partial charge in [-0.2, -0.15) is 0 Å². The molecule has 2 atom stereocenters. The van der Waals surface area contributed by atoms with E-state index in [1.54, 1.807) is 4.90 Å². The highest BCUT2D eigenvalue weighted by atomic mass is 16.5. The molecule has 24 heavy (non-hydrogen) atoms. The number of carbonyl (C=O) groups excluding carboxylic acids is 1. The smallest absolute Gasteiger partial charge is 0.223 e. The van der Waals surface area contributed by atoms with Crippen molar-refractivity contribution in [2.75, 3.05) is 13.1 Å². The van der Waals surface area contributed by atoms with Crippen LogP contribution in [0.1, 0.15) is 29.0 Å². The third-order valence-corrected chi connectivity index (χ3v) is 4.65. The molecule has 0 aliphatic carbocycles. The lowest BCUT2D eigenvalue weighted by Gasteiger charge is -2.16. The van der Waals surface area contributed by atoms with Gasteiger partial charge in [0.1, 0.15) is 5.76 Å². The lowest BCUT2D eigenvalue weighted by atomic mass is 10.0. The number of likely N-dealkylation sites (tertiary alicyclic amines) is 1. The average molecular weight is 328 g/mol. The van der Waals surface area contributed by atoms with Crippen LogP contribution in [0.2, 0.25) is 0 Å². The number of amides is 1. The predicted octanol–water partition coefficient (Wildman–Crippen LogP) is 2.29. The molecule has 1 aliphatic rings. The topological polar surface area (TPSA) is 66.6 Å². The zero-order valence-electron chi connectivity index (χ0n) is 14.2. The highest BCUT2D eigenvalue weighted by Crippen LogP contribution is 2.23. The van der Waals surface area contributed by atoms with Crippen molar-refractivity contribution < 1.29 is 14.4 Å². The Morgan fingerprint density at radius 1 is 1.29 bits per heavy atom. The van der Waals surface area contributed by atoms with Crippen molar-refractivity contribution in [1.29, 1.82) is 0 Å². The molecule has 1 amide bonds. The summed E-state index contributed by atoms with van der Waals surface area (Å²) in [5.41, 5.74) is 3.23. The minimum absolute atomic E-state index is 0.0145. The number of aryl methyl sites for hydroxylation is 3. The van der Waals surface area contributed by atoms with Gasteiger partial charge in [-0.1, -0.05) is 35.0 Å². The van der Waals surface area contributed by atoms with E-state index in [0.29, 0.717) is 25.9 Å². The van der Waals surface area contributed by atoms with E-state index < -0.39 is 6.10 Å². The maximum Gasteiger partial charge on any atom is 0.223 e. The molecule has 1 saturated heterocycles. The lowest BCUT2D eigenvalue weighted by Crippen LogP contribution is -2.29. The Hall–Kier alpha value is -2.14. The van der Waals surface area contributed by atoms with Gasteiger partial charge < -0.3 is 14.5 Å².